The Morgan fingerprint density at radius 3 is 1.57 bits per heavy atom. The van der Waals surface area contributed by atoms with Crippen LogP contribution < -0.4 is 4.74 Å². The number of benzene rings is 1. The summed E-state index contributed by atoms with van der Waals surface area (Å²) in [7, 11) is 7.16. The Hall–Kier alpha value is -2.57. The topological polar surface area (TPSA) is 88.1 Å². The molecule has 1 radical (unpaired) electrons. The van der Waals surface area contributed by atoms with Crippen molar-refractivity contribution in [2.24, 2.45) is 0 Å². The van der Waals surface area contributed by atoms with Gasteiger partial charge in [-0.2, -0.15) is 0 Å². The smallest absolute Gasteiger partial charge is 0.310 e. The van der Waals surface area contributed by atoms with Gasteiger partial charge in [-0.3, -0.25) is 14.4 Å². The predicted octanol–water partition coefficient (Wildman–Crippen LogP) is 1.00. The number of carbonyl (C=O) groups is 3. The monoisotopic (exact) mass is 323 g/mol. The molecule has 0 aliphatic rings. The van der Waals surface area contributed by atoms with Crippen molar-refractivity contribution < 1.29 is 33.3 Å². The first-order valence-corrected chi connectivity index (χ1v) is 6.72. The third-order valence-corrected chi connectivity index (χ3v) is 3.15. The van der Waals surface area contributed by atoms with Gasteiger partial charge in [0.05, 0.1) is 40.6 Å². The third-order valence-electron chi connectivity index (χ3n) is 3.15. The SMILES string of the molecule is [CH2]Oc1c(CC(=O)OC)cc(CC(=O)OC)cc1CC(=O)OC. The Morgan fingerprint density at radius 1 is 0.826 bits per heavy atom. The van der Waals surface area contributed by atoms with Crippen molar-refractivity contribution in [1.29, 1.82) is 0 Å². The molecule has 0 aliphatic heterocycles. The summed E-state index contributed by atoms with van der Waals surface area (Å²) in [5.74, 6) is -1.12. The second kappa shape index (κ2) is 8.77. The number of carbonyl (C=O) groups excluding carboxylic acids is 3. The lowest BCUT2D eigenvalue weighted by molar-refractivity contribution is -0.140. The molecule has 1 aromatic carbocycles. The van der Waals surface area contributed by atoms with Gasteiger partial charge in [0.2, 0.25) is 0 Å². The molecule has 23 heavy (non-hydrogen) atoms. The van der Waals surface area contributed by atoms with E-state index in [0.717, 1.165) is 0 Å². The van der Waals surface area contributed by atoms with Crippen LogP contribution in [0.2, 0.25) is 0 Å². The normalized spacial score (nSPS) is 9.91. The standard InChI is InChI=1S/C16H19O7/c1-20-13(17)7-10-5-11(8-14(18)21-2)16(23-4)12(6-10)9-15(19)22-3/h5-6H,4,7-9H2,1-3H3. The van der Waals surface area contributed by atoms with Crippen molar-refractivity contribution in [3.8, 4) is 5.75 Å². The molecule has 0 fully saturated rings. The molecule has 0 atom stereocenters. The maximum atomic E-state index is 11.5. The van der Waals surface area contributed by atoms with Gasteiger partial charge in [-0.05, 0) is 5.56 Å². The highest BCUT2D eigenvalue weighted by Crippen LogP contribution is 2.28. The van der Waals surface area contributed by atoms with E-state index in [0.29, 0.717) is 16.7 Å². The lowest BCUT2D eigenvalue weighted by atomic mass is 9.98. The van der Waals surface area contributed by atoms with Gasteiger partial charge in [-0.15, -0.1) is 0 Å². The molecule has 0 bridgehead atoms. The van der Waals surface area contributed by atoms with Crippen LogP contribution >= 0.6 is 0 Å². The third kappa shape index (κ3) is 5.28. The number of hydrogen-bond donors (Lipinski definition) is 0. The molecule has 0 saturated carbocycles. The molecule has 125 valence electrons. The second-order valence-corrected chi connectivity index (χ2v) is 4.65. The lowest BCUT2D eigenvalue weighted by Crippen LogP contribution is -2.12. The average molecular weight is 323 g/mol. The summed E-state index contributed by atoms with van der Waals surface area (Å²) in [6.07, 6.45) is -0.161. The zero-order valence-electron chi connectivity index (χ0n) is 13.3. The van der Waals surface area contributed by atoms with E-state index in [2.05, 4.69) is 21.3 Å². The zero-order chi connectivity index (χ0) is 17.4. The van der Waals surface area contributed by atoms with Gasteiger partial charge in [-0.25, -0.2) is 0 Å². The van der Waals surface area contributed by atoms with Gasteiger partial charge >= 0.3 is 17.9 Å². The molecular formula is C16H19O7. The summed E-state index contributed by atoms with van der Waals surface area (Å²) >= 11 is 0. The van der Waals surface area contributed by atoms with Gasteiger partial charge in [0.25, 0.3) is 0 Å². The number of hydrogen-bond acceptors (Lipinski definition) is 7. The van der Waals surface area contributed by atoms with Crippen LogP contribution in [0.15, 0.2) is 12.1 Å². The highest BCUT2D eigenvalue weighted by molar-refractivity contribution is 5.78. The average Bonchev–Trinajstić information content (AvgIpc) is 2.54. The van der Waals surface area contributed by atoms with Gasteiger partial charge in [0, 0.05) is 11.1 Å². The maximum absolute atomic E-state index is 11.5. The molecule has 7 heteroatoms. The quantitative estimate of drug-likeness (QED) is 0.546. The van der Waals surface area contributed by atoms with Crippen molar-refractivity contribution >= 4 is 17.9 Å². The van der Waals surface area contributed by atoms with Crippen molar-refractivity contribution in [2.45, 2.75) is 19.3 Å². The molecule has 1 rings (SSSR count). The van der Waals surface area contributed by atoms with Crippen LogP contribution in [0.3, 0.4) is 0 Å². The van der Waals surface area contributed by atoms with Gasteiger partial charge in [-0.1, -0.05) is 12.1 Å². The predicted molar refractivity (Wildman–Crippen MR) is 79.6 cm³/mol. The first-order chi connectivity index (χ1) is 10.9. The fourth-order valence-electron chi connectivity index (χ4n) is 2.07. The minimum absolute atomic E-state index is 0.00370. The van der Waals surface area contributed by atoms with E-state index in [9.17, 15) is 14.4 Å². The minimum Gasteiger partial charge on any atom is -0.489 e. The minimum atomic E-state index is -0.484. The molecular weight excluding hydrogens is 304 g/mol. The van der Waals surface area contributed by atoms with Crippen molar-refractivity contribution in [1.82, 2.24) is 0 Å². The largest absolute Gasteiger partial charge is 0.489 e. The lowest BCUT2D eigenvalue weighted by Gasteiger charge is -2.15. The molecule has 1 aromatic rings. The number of methoxy groups -OCH3 is 3. The van der Waals surface area contributed by atoms with Gasteiger partial charge in [0.1, 0.15) is 12.9 Å². The molecule has 0 aliphatic carbocycles. The van der Waals surface area contributed by atoms with E-state index < -0.39 is 17.9 Å². The summed E-state index contributed by atoms with van der Waals surface area (Å²) < 4.78 is 19.0. The van der Waals surface area contributed by atoms with Crippen molar-refractivity contribution in [3.05, 3.63) is 35.9 Å². The van der Waals surface area contributed by atoms with Crippen molar-refractivity contribution in [3.63, 3.8) is 0 Å². The Kier molecular flexibility index (Phi) is 7.05. The van der Waals surface area contributed by atoms with Gasteiger partial charge in [0.15, 0.2) is 0 Å². The molecule has 7 nitrogen and oxygen atoms in total. The fourth-order valence-corrected chi connectivity index (χ4v) is 2.07. The molecule has 0 N–H and O–H groups in total. The van der Waals surface area contributed by atoms with E-state index >= 15 is 0 Å². The number of esters is 3. The summed E-state index contributed by atoms with van der Waals surface area (Å²) in [6, 6.07) is 3.24. The van der Waals surface area contributed by atoms with Crippen LogP contribution in [-0.4, -0.2) is 39.2 Å². The number of ether oxygens (including phenoxy) is 4. The van der Waals surface area contributed by atoms with Gasteiger partial charge < -0.3 is 18.9 Å². The molecule has 0 unspecified atom stereocenters. The molecule has 0 heterocycles. The maximum Gasteiger partial charge on any atom is 0.310 e. The Morgan fingerprint density at radius 2 is 1.22 bits per heavy atom. The van der Waals surface area contributed by atoms with E-state index in [-0.39, 0.29) is 25.0 Å². The van der Waals surface area contributed by atoms with Crippen LogP contribution in [0.25, 0.3) is 0 Å². The van der Waals surface area contributed by atoms with Crippen LogP contribution in [0.5, 0.6) is 5.75 Å². The summed E-state index contributed by atoms with van der Waals surface area (Å²) in [5.41, 5.74) is 1.51. The highest BCUT2D eigenvalue weighted by Gasteiger charge is 2.18. The molecule has 0 spiro atoms. The first kappa shape index (κ1) is 18.5. The summed E-state index contributed by atoms with van der Waals surface area (Å²) in [6.45, 7) is 0. The molecule has 0 saturated heterocycles. The Labute approximate surface area is 134 Å². The molecule has 0 amide bonds. The highest BCUT2D eigenvalue weighted by atomic mass is 16.5. The first-order valence-electron chi connectivity index (χ1n) is 6.72. The van der Waals surface area contributed by atoms with Crippen LogP contribution in [0.4, 0.5) is 0 Å². The Bertz CT molecular complexity index is 553. The van der Waals surface area contributed by atoms with E-state index in [1.54, 1.807) is 12.1 Å². The van der Waals surface area contributed by atoms with E-state index in [4.69, 9.17) is 4.74 Å². The van der Waals surface area contributed by atoms with Crippen LogP contribution in [0.1, 0.15) is 16.7 Å². The van der Waals surface area contributed by atoms with Crippen LogP contribution in [-0.2, 0) is 47.9 Å². The van der Waals surface area contributed by atoms with Crippen LogP contribution in [0, 0.1) is 7.11 Å². The Balaban J connectivity index is 3.30. The molecule has 0 aromatic heterocycles. The second-order valence-electron chi connectivity index (χ2n) is 4.65. The van der Waals surface area contributed by atoms with E-state index in [1.165, 1.54) is 21.3 Å². The fraction of sp³-hybridized carbons (Fsp3) is 0.375. The number of rotatable bonds is 7. The summed E-state index contributed by atoms with van der Waals surface area (Å²) in [5, 5.41) is 0. The summed E-state index contributed by atoms with van der Waals surface area (Å²) in [4.78, 5) is 34.6. The van der Waals surface area contributed by atoms with E-state index in [1.807, 2.05) is 0 Å². The van der Waals surface area contributed by atoms with Crippen molar-refractivity contribution in [2.75, 3.05) is 21.3 Å². The zero-order valence-corrected chi connectivity index (χ0v) is 13.3.